The van der Waals surface area contributed by atoms with Crippen molar-refractivity contribution >= 4 is 5.97 Å². The van der Waals surface area contributed by atoms with Gasteiger partial charge in [0.05, 0.1) is 12.3 Å². The second-order valence-electron chi connectivity index (χ2n) is 2.38. The first-order chi connectivity index (χ1) is 6.27. The maximum absolute atomic E-state index is 11.0. The molecule has 0 aliphatic carbocycles. The molecule has 72 valence electrons. The average Bonchev–Trinajstić information content (AvgIpc) is 2.54. The van der Waals surface area contributed by atoms with E-state index in [0.717, 1.165) is 0 Å². The van der Waals surface area contributed by atoms with Crippen molar-refractivity contribution < 1.29 is 19.2 Å². The van der Waals surface area contributed by atoms with Crippen LogP contribution in [0.4, 0.5) is 0 Å². The molecule has 1 aromatic rings. The van der Waals surface area contributed by atoms with Gasteiger partial charge in [-0.2, -0.15) is 0 Å². The third-order valence-corrected chi connectivity index (χ3v) is 1.40. The zero-order valence-electron chi connectivity index (χ0n) is 7.32. The lowest BCUT2D eigenvalue weighted by Gasteiger charge is -1.94. The van der Waals surface area contributed by atoms with Crippen LogP contribution in [-0.4, -0.2) is 29.4 Å². The lowest BCUT2D eigenvalue weighted by Crippen LogP contribution is -2.02. The molecule has 0 amide bonds. The fraction of sp³-hybridized carbons (Fsp3) is 0.500. The molecule has 0 atom stereocenters. The maximum Gasteiger partial charge on any atom is 0.377 e. The number of carbonyl (C=O) groups excluding carboxylic acids is 1. The predicted molar refractivity (Wildman–Crippen MR) is 43.2 cm³/mol. The fourth-order valence-electron chi connectivity index (χ4n) is 0.843. The Bertz CT molecular complexity index is 281. The number of esters is 1. The molecule has 0 unspecified atom stereocenters. The quantitative estimate of drug-likeness (QED) is 0.687. The second kappa shape index (κ2) is 4.61. The molecular weight excluding hydrogens is 174 g/mol. The first-order valence-electron chi connectivity index (χ1n) is 4.01. The van der Waals surface area contributed by atoms with Crippen molar-refractivity contribution in [3.63, 3.8) is 0 Å². The van der Waals surface area contributed by atoms with Crippen LogP contribution >= 0.6 is 0 Å². The van der Waals surface area contributed by atoms with Crippen LogP contribution in [0.3, 0.4) is 0 Å². The standard InChI is InChI=1S/C8H11NO4/c1-2-12-8(11)7-5-6(3-4-10)9-13-7/h5,10H,2-4H2,1H3. The van der Waals surface area contributed by atoms with Gasteiger partial charge in [-0.3, -0.25) is 0 Å². The van der Waals surface area contributed by atoms with Crippen molar-refractivity contribution in [1.29, 1.82) is 0 Å². The first-order valence-corrected chi connectivity index (χ1v) is 4.01. The molecule has 1 N–H and O–H groups in total. The summed E-state index contributed by atoms with van der Waals surface area (Å²) < 4.78 is 9.38. The molecule has 0 fully saturated rings. The van der Waals surface area contributed by atoms with Gasteiger partial charge in [-0.25, -0.2) is 4.79 Å². The monoisotopic (exact) mass is 185 g/mol. The summed E-state index contributed by atoms with van der Waals surface area (Å²) in [7, 11) is 0. The van der Waals surface area contributed by atoms with Crippen LogP contribution in [0.2, 0.25) is 0 Å². The minimum absolute atomic E-state index is 0.0190. The van der Waals surface area contributed by atoms with Gasteiger partial charge in [0.15, 0.2) is 0 Å². The summed E-state index contributed by atoms with van der Waals surface area (Å²) in [5, 5.41) is 12.1. The molecule has 0 spiro atoms. The minimum Gasteiger partial charge on any atom is -0.460 e. The van der Waals surface area contributed by atoms with Crippen LogP contribution in [0, 0.1) is 0 Å². The SMILES string of the molecule is CCOC(=O)c1cc(CCO)no1. The number of aliphatic hydroxyl groups is 1. The van der Waals surface area contributed by atoms with Crippen molar-refractivity contribution in [2.45, 2.75) is 13.3 Å². The summed E-state index contributed by atoms with van der Waals surface area (Å²) in [6, 6.07) is 1.47. The number of carbonyl (C=O) groups is 1. The Morgan fingerprint density at radius 2 is 2.54 bits per heavy atom. The minimum atomic E-state index is -0.529. The van der Waals surface area contributed by atoms with Crippen LogP contribution in [0.1, 0.15) is 23.2 Å². The van der Waals surface area contributed by atoms with Gasteiger partial charge in [0.25, 0.3) is 0 Å². The Morgan fingerprint density at radius 3 is 3.15 bits per heavy atom. The number of aliphatic hydroxyl groups excluding tert-OH is 1. The van der Waals surface area contributed by atoms with Crippen LogP contribution in [-0.2, 0) is 11.2 Å². The molecule has 5 nitrogen and oxygen atoms in total. The van der Waals surface area contributed by atoms with Gasteiger partial charge < -0.3 is 14.4 Å². The van der Waals surface area contributed by atoms with Crippen molar-refractivity contribution in [3.8, 4) is 0 Å². The number of hydrogen-bond donors (Lipinski definition) is 1. The average molecular weight is 185 g/mol. The van der Waals surface area contributed by atoms with Gasteiger partial charge in [-0.15, -0.1) is 0 Å². The summed E-state index contributed by atoms with van der Waals surface area (Å²) in [5.74, 6) is -0.454. The van der Waals surface area contributed by atoms with Gasteiger partial charge in [-0.05, 0) is 6.92 Å². The number of aromatic nitrogens is 1. The Morgan fingerprint density at radius 1 is 1.77 bits per heavy atom. The number of ether oxygens (including phenoxy) is 1. The largest absolute Gasteiger partial charge is 0.460 e. The zero-order chi connectivity index (χ0) is 9.68. The molecule has 0 aliphatic rings. The van der Waals surface area contributed by atoms with Gasteiger partial charge >= 0.3 is 5.97 Å². The van der Waals surface area contributed by atoms with Gasteiger partial charge in [0.1, 0.15) is 0 Å². The normalized spacial score (nSPS) is 10.0. The molecule has 0 aromatic carbocycles. The molecule has 0 aliphatic heterocycles. The fourth-order valence-corrected chi connectivity index (χ4v) is 0.843. The highest BCUT2D eigenvalue weighted by molar-refractivity contribution is 5.86. The van der Waals surface area contributed by atoms with Crippen molar-refractivity contribution in [2.24, 2.45) is 0 Å². The first kappa shape index (κ1) is 9.73. The maximum atomic E-state index is 11.0. The topological polar surface area (TPSA) is 72.6 Å². The van der Waals surface area contributed by atoms with Crippen molar-refractivity contribution in [1.82, 2.24) is 5.16 Å². The molecule has 0 saturated carbocycles. The molecule has 1 rings (SSSR count). The summed E-state index contributed by atoms with van der Waals surface area (Å²) in [5.41, 5.74) is 0.547. The highest BCUT2D eigenvalue weighted by Gasteiger charge is 2.13. The van der Waals surface area contributed by atoms with Crippen LogP contribution in [0.25, 0.3) is 0 Å². The van der Waals surface area contributed by atoms with E-state index in [1.807, 2.05) is 0 Å². The Labute approximate surface area is 75.3 Å². The van der Waals surface area contributed by atoms with E-state index in [0.29, 0.717) is 18.7 Å². The van der Waals surface area contributed by atoms with E-state index in [-0.39, 0.29) is 12.4 Å². The summed E-state index contributed by atoms with van der Waals surface area (Å²) in [6.07, 6.45) is 0.378. The summed E-state index contributed by atoms with van der Waals surface area (Å²) >= 11 is 0. The van der Waals surface area contributed by atoms with Gasteiger partial charge in [0.2, 0.25) is 5.76 Å². The van der Waals surface area contributed by atoms with E-state index in [1.165, 1.54) is 6.07 Å². The Balaban J connectivity index is 2.62. The van der Waals surface area contributed by atoms with E-state index in [1.54, 1.807) is 6.92 Å². The number of rotatable bonds is 4. The van der Waals surface area contributed by atoms with Gasteiger partial charge in [0, 0.05) is 19.1 Å². The van der Waals surface area contributed by atoms with Crippen LogP contribution < -0.4 is 0 Å². The Hall–Kier alpha value is -1.36. The summed E-state index contributed by atoms with van der Waals surface area (Å²) in [4.78, 5) is 11.0. The predicted octanol–water partition coefficient (Wildman–Crippen LogP) is 0.386. The lowest BCUT2D eigenvalue weighted by atomic mass is 10.3. The molecule has 5 heteroatoms. The van der Waals surface area contributed by atoms with E-state index < -0.39 is 5.97 Å². The van der Waals surface area contributed by atoms with Crippen LogP contribution in [0.15, 0.2) is 10.6 Å². The van der Waals surface area contributed by atoms with E-state index in [9.17, 15) is 4.79 Å². The highest BCUT2D eigenvalue weighted by atomic mass is 16.6. The molecular formula is C8H11NO4. The van der Waals surface area contributed by atoms with Gasteiger partial charge in [-0.1, -0.05) is 5.16 Å². The van der Waals surface area contributed by atoms with Crippen molar-refractivity contribution in [3.05, 3.63) is 17.5 Å². The van der Waals surface area contributed by atoms with E-state index in [4.69, 9.17) is 9.63 Å². The lowest BCUT2D eigenvalue weighted by molar-refractivity contribution is 0.0479. The molecule has 1 heterocycles. The van der Waals surface area contributed by atoms with E-state index >= 15 is 0 Å². The molecule has 13 heavy (non-hydrogen) atoms. The second-order valence-corrected chi connectivity index (χ2v) is 2.38. The zero-order valence-corrected chi connectivity index (χ0v) is 7.32. The van der Waals surface area contributed by atoms with Crippen molar-refractivity contribution in [2.75, 3.05) is 13.2 Å². The Kier molecular flexibility index (Phi) is 3.45. The molecule has 0 radical (unpaired) electrons. The van der Waals surface area contributed by atoms with Crippen LogP contribution in [0.5, 0.6) is 0 Å². The molecule has 1 aromatic heterocycles. The number of hydrogen-bond acceptors (Lipinski definition) is 5. The summed E-state index contributed by atoms with van der Waals surface area (Å²) in [6.45, 7) is 1.99. The van der Waals surface area contributed by atoms with E-state index in [2.05, 4.69) is 9.89 Å². The number of nitrogens with zero attached hydrogens (tertiary/aromatic N) is 1. The molecule has 0 bridgehead atoms. The molecule has 0 saturated heterocycles. The third-order valence-electron chi connectivity index (χ3n) is 1.40. The third kappa shape index (κ3) is 2.55. The highest BCUT2D eigenvalue weighted by Crippen LogP contribution is 2.05. The smallest absolute Gasteiger partial charge is 0.377 e.